The predicted octanol–water partition coefficient (Wildman–Crippen LogP) is 14.3. The van der Waals surface area contributed by atoms with Gasteiger partial charge in [-0.2, -0.15) is 0 Å². The zero-order valence-corrected chi connectivity index (χ0v) is 32.3. The van der Waals surface area contributed by atoms with Crippen LogP contribution in [0.4, 0.5) is 0 Å². The molecule has 3 heteroatoms. The van der Waals surface area contributed by atoms with Crippen molar-refractivity contribution in [2.45, 2.75) is 38.5 Å². The summed E-state index contributed by atoms with van der Waals surface area (Å²) in [6, 6.07) is 56.9. The van der Waals surface area contributed by atoms with Gasteiger partial charge in [-0.15, -0.1) is 0 Å². The van der Waals surface area contributed by atoms with Crippen molar-refractivity contribution in [2.75, 3.05) is 0 Å². The molecule has 0 atom stereocenters. The fourth-order valence-corrected chi connectivity index (χ4v) is 10.3. The first-order chi connectivity index (χ1) is 27.8. The summed E-state index contributed by atoms with van der Waals surface area (Å²) < 4.78 is 6.15. The van der Waals surface area contributed by atoms with E-state index in [0.717, 1.165) is 77.4 Å². The van der Waals surface area contributed by atoms with E-state index in [1.165, 1.54) is 44.5 Å². The zero-order chi connectivity index (χ0) is 38.2. The smallest absolute Gasteiger partial charge is 0.135 e. The second-order valence-electron chi connectivity index (χ2n) is 16.9. The lowest BCUT2D eigenvalue weighted by Crippen LogP contribution is -2.17. The van der Waals surface area contributed by atoms with E-state index in [0.29, 0.717) is 0 Å². The first-order valence-corrected chi connectivity index (χ1v) is 19.9. The lowest BCUT2D eigenvalue weighted by molar-refractivity contribution is 0.660. The maximum absolute atomic E-state index is 6.15. The van der Waals surface area contributed by atoms with Crippen molar-refractivity contribution < 1.29 is 4.42 Å². The molecule has 3 aromatic heterocycles. The number of fused-ring (bicyclic) bond motifs is 14. The van der Waals surface area contributed by atoms with Gasteiger partial charge < -0.3 is 4.42 Å². The number of hydrogen-bond donors (Lipinski definition) is 0. The van der Waals surface area contributed by atoms with Crippen LogP contribution in [0.3, 0.4) is 0 Å². The largest absolute Gasteiger partial charge is 0.456 e. The molecule has 10 aromatic rings. The van der Waals surface area contributed by atoms with Crippen LogP contribution < -0.4 is 0 Å². The minimum Gasteiger partial charge on any atom is -0.456 e. The van der Waals surface area contributed by atoms with Crippen molar-refractivity contribution in [1.82, 2.24) is 9.97 Å². The van der Waals surface area contributed by atoms with Crippen LogP contribution in [0.1, 0.15) is 49.9 Å². The van der Waals surface area contributed by atoms with Crippen LogP contribution in [0.2, 0.25) is 0 Å². The minimum absolute atomic E-state index is 0.219. The van der Waals surface area contributed by atoms with E-state index in [4.69, 9.17) is 14.4 Å². The molecular weight excluding hydrogens is 693 g/mol. The molecule has 12 rings (SSSR count). The van der Waals surface area contributed by atoms with Gasteiger partial charge in [0.25, 0.3) is 0 Å². The average Bonchev–Trinajstić information content (AvgIpc) is 3.83. The lowest BCUT2D eigenvalue weighted by atomic mass is 9.79. The maximum atomic E-state index is 6.15. The molecule has 0 fully saturated rings. The predicted molar refractivity (Wildman–Crippen MR) is 236 cm³/mol. The van der Waals surface area contributed by atoms with Crippen LogP contribution >= 0.6 is 0 Å². The molecule has 2 aliphatic carbocycles. The average molecular weight is 731 g/mol. The van der Waals surface area contributed by atoms with Crippen LogP contribution in [-0.2, 0) is 10.8 Å². The summed E-state index contributed by atoms with van der Waals surface area (Å²) >= 11 is 0. The number of hydrogen-bond acceptors (Lipinski definition) is 3. The molecule has 3 nitrogen and oxygen atoms in total. The van der Waals surface area contributed by atoms with E-state index < -0.39 is 0 Å². The quantitative estimate of drug-likeness (QED) is 0.170. The third-order valence-corrected chi connectivity index (χ3v) is 13.0. The number of nitrogens with zero attached hydrogens (tertiary/aromatic N) is 2. The highest BCUT2D eigenvalue weighted by molar-refractivity contribution is 6.17. The normalized spacial score (nSPS) is 14.6. The fourth-order valence-electron chi connectivity index (χ4n) is 10.3. The van der Waals surface area contributed by atoms with E-state index >= 15 is 0 Å². The van der Waals surface area contributed by atoms with E-state index in [1.807, 2.05) is 12.1 Å². The monoisotopic (exact) mass is 730 g/mol. The summed E-state index contributed by atoms with van der Waals surface area (Å²) in [4.78, 5) is 11.5. The third kappa shape index (κ3) is 4.37. The molecule has 0 amide bonds. The van der Waals surface area contributed by atoms with Gasteiger partial charge in [0.1, 0.15) is 11.2 Å². The summed E-state index contributed by atoms with van der Waals surface area (Å²) in [5.41, 5.74) is 20.1. The van der Waals surface area contributed by atoms with Crippen LogP contribution in [0, 0.1) is 0 Å². The van der Waals surface area contributed by atoms with Gasteiger partial charge in [0.2, 0.25) is 0 Å². The molecule has 0 unspecified atom stereocenters. The summed E-state index contributed by atoms with van der Waals surface area (Å²) in [7, 11) is 0. The van der Waals surface area contributed by atoms with Crippen molar-refractivity contribution in [1.29, 1.82) is 0 Å². The van der Waals surface area contributed by atoms with Gasteiger partial charge in [0, 0.05) is 43.5 Å². The van der Waals surface area contributed by atoms with Gasteiger partial charge in [-0.25, -0.2) is 9.97 Å². The van der Waals surface area contributed by atoms with Gasteiger partial charge in [-0.1, -0.05) is 167 Å². The topological polar surface area (TPSA) is 38.9 Å². The van der Waals surface area contributed by atoms with Crippen molar-refractivity contribution >= 4 is 43.7 Å². The lowest BCUT2D eigenvalue weighted by Gasteiger charge is -2.26. The second-order valence-corrected chi connectivity index (χ2v) is 16.9. The maximum Gasteiger partial charge on any atom is 0.135 e. The van der Waals surface area contributed by atoms with E-state index in [-0.39, 0.29) is 10.8 Å². The fraction of sp³-hybridized carbons (Fsp3) is 0.111. The summed E-state index contributed by atoms with van der Waals surface area (Å²) in [6.07, 6.45) is 0. The summed E-state index contributed by atoms with van der Waals surface area (Å²) in [5, 5.41) is 4.57. The standard InChI is InChI=1S/C54H38N2O/c1-53(2)41-19-11-8-17-36(41)45-38-27-28-39-46-37-18-9-12-20-42(37)54(3,4)48(46)50(56-52(39)51(38)55-49(47(45)53)32-14-6-5-7-15-32)33-24-22-31(23-25-33)34-26-29-44-40(30-34)35-16-10-13-21-43(35)57-44/h5-30H,1-4H3. The number of pyridine rings is 2. The van der Waals surface area contributed by atoms with Crippen LogP contribution in [0.5, 0.6) is 0 Å². The molecule has 7 aromatic carbocycles. The van der Waals surface area contributed by atoms with Crippen molar-refractivity contribution in [2.24, 2.45) is 0 Å². The second kappa shape index (κ2) is 11.4. The van der Waals surface area contributed by atoms with Crippen molar-refractivity contribution in [3.8, 4) is 55.9 Å². The molecule has 3 heterocycles. The molecule has 0 radical (unpaired) electrons. The molecule has 0 aliphatic heterocycles. The molecule has 0 saturated heterocycles. The Morgan fingerprint density at radius 1 is 0.386 bits per heavy atom. The van der Waals surface area contributed by atoms with Gasteiger partial charge >= 0.3 is 0 Å². The Labute approximate surface area is 331 Å². The van der Waals surface area contributed by atoms with Crippen LogP contribution in [0.15, 0.2) is 162 Å². The number of rotatable bonds is 3. The number of para-hydroxylation sites is 1. The Morgan fingerprint density at radius 3 is 1.47 bits per heavy atom. The van der Waals surface area contributed by atoms with Gasteiger partial charge in [-0.3, -0.25) is 0 Å². The Hall–Kier alpha value is -6.84. The molecule has 270 valence electrons. The molecule has 0 bridgehead atoms. The van der Waals surface area contributed by atoms with Gasteiger partial charge in [-0.05, 0) is 73.8 Å². The van der Waals surface area contributed by atoms with E-state index in [9.17, 15) is 0 Å². The van der Waals surface area contributed by atoms with Crippen molar-refractivity contribution in [3.05, 3.63) is 180 Å². The first-order valence-electron chi connectivity index (χ1n) is 19.9. The highest BCUT2D eigenvalue weighted by Gasteiger charge is 2.42. The van der Waals surface area contributed by atoms with E-state index in [2.05, 4.69) is 173 Å². The highest BCUT2D eigenvalue weighted by atomic mass is 16.3. The van der Waals surface area contributed by atoms with Crippen molar-refractivity contribution in [3.63, 3.8) is 0 Å². The molecule has 57 heavy (non-hydrogen) atoms. The Balaban J connectivity index is 1.14. The van der Waals surface area contributed by atoms with Gasteiger partial charge in [0.05, 0.1) is 22.4 Å². The van der Waals surface area contributed by atoms with Crippen LogP contribution in [0.25, 0.3) is 99.6 Å². The minimum atomic E-state index is -0.257. The Kier molecular flexibility index (Phi) is 6.46. The Bertz CT molecular complexity index is 3330. The number of benzene rings is 7. The zero-order valence-electron chi connectivity index (χ0n) is 32.3. The highest BCUT2D eigenvalue weighted by Crippen LogP contribution is 2.57. The third-order valence-electron chi connectivity index (χ3n) is 13.0. The molecule has 0 saturated carbocycles. The number of furan rings is 1. The van der Waals surface area contributed by atoms with Crippen LogP contribution in [-0.4, -0.2) is 9.97 Å². The van der Waals surface area contributed by atoms with Gasteiger partial charge in [0.15, 0.2) is 0 Å². The molecular formula is C54H38N2O. The summed E-state index contributed by atoms with van der Waals surface area (Å²) in [6.45, 7) is 9.40. The SMILES string of the molecule is CC1(C)c2ccccc2-c2c1c(-c1ccccc1)nc1c2ccc2c3c(c(-c4ccc(-c5ccc6oc7ccccc7c6c5)cc4)nc21)C(C)(C)c1ccccc1-3. The molecule has 2 aliphatic rings. The van der Waals surface area contributed by atoms with E-state index in [1.54, 1.807) is 0 Å². The Morgan fingerprint density at radius 2 is 0.860 bits per heavy atom. The first kappa shape index (κ1) is 32.4. The molecule has 0 spiro atoms. The molecule has 0 N–H and O–H groups in total. The number of aromatic nitrogens is 2. The summed E-state index contributed by atoms with van der Waals surface area (Å²) in [5.74, 6) is 0.